The molecule has 1 aliphatic heterocycles. The van der Waals surface area contributed by atoms with Gasteiger partial charge in [0.25, 0.3) is 0 Å². The Labute approximate surface area is 106 Å². The van der Waals surface area contributed by atoms with Gasteiger partial charge in [-0.2, -0.15) is 0 Å². The van der Waals surface area contributed by atoms with E-state index in [9.17, 15) is 4.79 Å². The molecule has 4 heteroatoms. The van der Waals surface area contributed by atoms with Crippen LogP contribution >= 0.6 is 0 Å². The van der Waals surface area contributed by atoms with E-state index in [1.165, 1.54) is 12.5 Å². The molecule has 1 unspecified atom stereocenters. The molecule has 3 nitrogen and oxygen atoms in total. The number of terminal acetylenes is 1. The van der Waals surface area contributed by atoms with E-state index in [0.29, 0.717) is 19.4 Å². The van der Waals surface area contributed by atoms with E-state index in [0.717, 1.165) is 6.54 Å². The molecule has 0 aromatic heterocycles. The normalized spacial score (nSPS) is 20.8. The zero-order chi connectivity index (χ0) is 12.9. The molecule has 0 aromatic carbocycles. The molecule has 0 radical (unpaired) electrons. The molecule has 0 spiro atoms. The van der Waals surface area contributed by atoms with Gasteiger partial charge in [-0.25, -0.2) is 0 Å². The molecular weight excluding hydrogens is 230 g/mol. The first-order valence-electron chi connectivity index (χ1n) is 6.37. The van der Waals surface area contributed by atoms with Crippen LogP contribution in [-0.4, -0.2) is 38.0 Å². The molecule has 0 saturated carbocycles. The lowest BCUT2D eigenvalue weighted by Gasteiger charge is -2.36. The first kappa shape index (κ1) is 14.3. The van der Waals surface area contributed by atoms with Gasteiger partial charge in [0.05, 0.1) is 13.0 Å². The summed E-state index contributed by atoms with van der Waals surface area (Å²) < 4.78 is 7.53. The van der Waals surface area contributed by atoms with Crippen molar-refractivity contribution in [2.45, 2.75) is 51.4 Å². The maximum Gasteiger partial charge on any atom is 0.307 e. The number of ether oxygens (including phenoxy) is 1. The van der Waals surface area contributed by atoms with Gasteiger partial charge in [-0.1, -0.05) is 13.1 Å². The van der Waals surface area contributed by atoms with Crippen LogP contribution in [0.2, 0.25) is 19.1 Å². The Morgan fingerprint density at radius 2 is 2.29 bits per heavy atom. The molecular formula is C13H23NO2Si. The van der Waals surface area contributed by atoms with Crippen LogP contribution < -0.4 is 0 Å². The van der Waals surface area contributed by atoms with E-state index in [4.69, 9.17) is 11.2 Å². The zero-order valence-electron chi connectivity index (χ0n) is 11.2. The van der Waals surface area contributed by atoms with Gasteiger partial charge in [-0.3, -0.25) is 4.79 Å². The highest BCUT2D eigenvalue weighted by molar-refractivity contribution is 6.75. The summed E-state index contributed by atoms with van der Waals surface area (Å²) in [6, 6.07) is 1.49. The van der Waals surface area contributed by atoms with E-state index >= 15 is 0 Å². The van der Waals surface area contributed by atoms with Crippen LogP contribution in [0.5, 0.6) is 0 Å². The Bertz CT molecular complexity index is 309. The number of hydrogen-bond donors (Lipinski definition) is 0. The molecule has 1 saturated heterocycles. The molecule has 1 aliphatic rings. The minimum Gasteiger partial charge on any atom is -0.466 e. The molecule has 0 N–H and O–H groups in total. The van der Waals surface area contributed by atoms with Gasteiger partial charge in [-0.15, -0.1) is 12.3 Å². The third kappa shape index (κ3) is 3.86. The standard InChI is InChI=1S/C13H23NO2Si/c1-5-8-12(11-13(15)16-6-2)14-9-7-10-17(14,3)4/h1,12H,6-11H2,2-4H3. The predicted octanol–water partition coefficient (Wildman–Crippen LogP) is 2.24. The SMILES string of the molecule is C#CCC(CC(=O)OCC)N1CCC[Si]1(C)C. The molecule has 0 bridgehead atoms. The second-order valence-corrected chi connectivity index (χ2v) is 9.88. The second kappa shape index (κ2) is 6.22. The maximum absolute atomic E-state index is 11.6. The second-order valence-electron chi connectivity index (χ2n) is 5.18. The summed E-state index contributed by atoms with van der Waals surface area (Å²) in [5, 5.41) is 0. The van der Waals surface area contributed by atoms with Gasteiger partial charge in [-0.05, 0) is 25.9 Å². The number of carbonyl (C=O) groups excluding carboxylic acids is 1. The van der Waals surface area contributed by atoms with Gasteiger partial charge in [0.15, 0.2) is 0 Å². The van der Waals surface area contributed by atoms with Crippen LogP contribution in [0.15, 0.2) is 0 Å². The van der Waals surface area contributed by atoms with E-state index < -0.39 is 8.24 Å². The molecule has 96 valence electrons. The lowest BCUT2D eigenvalue weighted by molar-refractivity contribution is -0.144. The van der Waals surface area contributed by atoms with Crippen molar-refractivity contribution in [1.29, 1.82) is 0 Å². The van der Waals surface area contributed by atoms with Gasteiger partial charge in [0, 0.05) is 12.5 Å². The summed E-state index contributed by atoms with van der Waals surface area (Å²) in [4.78, 5) is 11.6. The first-order valence-corrected chi connectivity index (χ1v) is 9.52. The van der Waals surface area contributed by atoms with E-state index in [1.807, 2.05) is 6.92 Å². The first-order chi connectivity index (χ1) is 8.01. The molecule has 17 heavy (non-hydrogen) atoms. The number of carbonyl (C=O) groups is 1. The lowest BCUT2D eigenvalue weighted by atomic mass is 10.1. The van der Waals surface area contributed by atoms with Crippen molar-refractivity contribution in [3.05, 3.63) is 0 Å². The van der Waals surface area contributed by atoms with Crippen molar-refractivity contribution in [1.82, 2.24) is 4.57 Å². The summed E-state index contributed by atoms with van der Waals surface area (Å²) in [7, 11) is -1.33. The quantitative estimate of drug-likeness (QED) is 0.427. The van der Waals surface area contributed by atoms with Crippen molar-refractivity contribution in [2.75, 3.05) is 13.2 Å². The van der Waals surface area contributed by atoms with Crippen LogP contribution in [0, 0.1) is 12.3 Å². The lowest BCUT2D eigenvalue weighted by Crippen LogP contribution is -2.50. The smallest absolute Gasteiger partial charge is 0.307 e. The molecule has 1 atom stereocenters. The van der Waals surface area contributed by atoms with Gasteiger partial charge in [0.1, 0.15) is 8.24 Å². The number of hydrogen-bond acceptors (Lipinski definition) is 3. The minimum absolute atomic E-state index is 0.121. The van der Waals surface area contributed by atoms with Crippen LogP contribution in [0.25, 0.3) is 0 Å². The largest absolute Gasteiger partial charge is 0.466 e. The molecule has 1 heterocycles. The van der Waals surface area contributed by atoms with Crippen molar-refractivity contribution in [2.24, 2.45) is 0 Å². The minimum atomic E-state index is -1.33. The fourth-order valence-electron chi connectivity index (χ4n) is 2.65. The Morgan fingerprint density at radius 1 is 1.59 bits per heavy atom. The van der Waals surface area contributed by atoms with Gasteiger partial charge < -0.3 is 9.30 Å². The zero-order valence-corrected chi connectivity index (χ0v) is 12.2. The highest BCUT2D eigenvalue weighted by Gasteiger charge is 2.39. The summed E-state index contributed by atoms with van der Waals surface area (Å²) >= 11 is 0. The average molecular weight is 253 g/mol. The van der Waals surface area contributed by atoms with Crippen LogP contribution in [-0.2, 0) is 9.53 Å². The maximum atomic E-state index is 11.6. The van der Waals surface area contributed by atoms with Crippen LogP contribution in [0.3, 0.4) is 0 Å². The van der Waals surface area contributed by atoms with Crippen LogP contribution in [0.1, 0.15) is 26.2 Å². The van der Waals surface area contributed by atoms with E-state index in [2.05, 4.69) is 23.6 Å². The Hall–Kier alpha value is -0.793. The molecule has 0 amide bonds. The predicted molar refractivity (Wildman–Crippen MR) is 72.1 cm³/mol. The summed E-state index contributed by atoms with van der Waals surface area (Å²) in [6.45, 7) is 8.08. The van der Waals surface area contributed by atoms with E-state index in [1.54, 1.807) is 0 Å². The number of rotatable bonds is 5. The topological polar surface area (TPSA) is 29.5 Å². The fraction of sp³-hybridized carbons (Fsp3) is 0.769. The average Bonchev–Trinajstić information content (AvgIpc) is 2.58. The Kier molecular flexibility index (Phi) is 5.22. The monoisotopic (exact) mass is 253 g/mol. The molecule has 0 aromatic rings. The van der Waals surface area contributed by atoms with Gasteiger partial charge >= 0.3 is 5.97 Å². The van der Waals surface area contributed by atoms with Crippen molar-refractivity contribution >= 4 is 14.2 Å². The highest BCUT2D eigenvalue weighted by atomic mass is 28.3. The van der Waals surface area contributed by atoms with Crippen molar-refractivity contribution < 1.29 is 9.53 Å². The summed E-state index contributed by atoms with van der Waals surface area (Å²) in [6.07, 6.45) is 7.75. The van der Waals surface area contributed by atoms with Crippen molar-refractivity contribution in [3.63, 3.8) is 0 Å². The molecule has 1 fully saturated rings. The van der Waals surface area contributed by atoms with Crippen molar-refractivity contribution in [3.8, 4) is 12.3 Å². The third-order valence-corrected chi connectivity index (χ3v) is 7.19. The van der Waals surface area contributed by atoms with Crippen LogP contribution in [0.4, 0.5) is 0 Å². The fourth-order valence-corrected chi connectivity index (χ4v) is 5.89. The Balaban J connectivity index is 2.65. The summed E-state index contributed by atoms with van der Waals surface area (Å²) in [5.41, 5.74) is 0. The molecule has 0 aliphatic carbocycles. The molecule has 1 rings (SSSR count). The highest BCUT2D eigenvalue weighted by Crippen LogP contribution is 2.29. The number of nitrogens with zero attached hydrogens (tertiary/aromatic N) is 1. The van der Waals surface area contributed by atoms with Gasteiger partial charge in [0.2, 0.25) is 0 Å². The van der Waals surface area contributed by atoms with E-state index in [-0.39, 0.29) is 12.0 Å². The third-order valence-electron chi connectivity index (χ3n) is 3.47. The number of esters is 1. The summed E-state index contributed by atoms with van der Waals surface area (Å²) in [5.74, 6) is 2.58. The Morgan fingerprint density at radius 3 is 2.76 bits per heavy atom.